The minimum atomic E-state index is 0.286. The molecule has 3 nitrogen and oxygen atoms in total. The van der Waals surface area contributed by atoms with Gasteiger partial charge in [-0.1, -0.05) is 6.07 Å². The molecule has 3 aromatic rings. The maximum absolute atomic E-state index is 5.80. The number of ether oxygens (including phenoxy) is 2. The molecule has 18 heavy (non-hydrogen) atoms. The summed E-state index contributed by atoms with van der Waals surface area (Å²) in [5.74, 6) is 2.37. The van der Waals surface area contributed by atoms with Crippen LogP contribution >= 0.6 is 0 Å². The van der Waals surface area contributed by atoms with Crippen molar-refractivity contribution in [1.82, 2.24) is 0 Å². The molecule has 2 aromatic carbocycles. The van der Waals surface area contributed by atoms with Crippen LogP contribution in [0, 0.1) is 6.07 Å². The summed E-state index contributed by atoms with van der Waals surface area (Å²) in [7, 11) is 0. The van der Waals surface area contributed by atoms with Gasteiger partial charge in [0.15, 0.2) is 11.5 Å². The van der Waals surface area contributed by atoms with Crippen molar-refractivity contribution in [3.05, 3.63) is 48.5 Å². The highest BCUT2D eigenvalue weighted by Gasteiger charge is 2.15. The third kappa shape index (κ3) is 1.37. The molecule has 1 aromatic heterocycles. The second-order valence-corrected chi connectivity index (χ2v) is 4.14. The molecule has 0 fully saturated rings. The summed E-state index contributed by atoms with van der Waals surface area (Å²) >= 11 is 0. The van der Waals surface area contributed by atoms with Crippen LogP contribution in [0.25, 0.3) is 22.3 Å². The molecular weight excluding hydrogens is 228 g/mol. The Bertz CT molecular complexity index is 694. The Hall–Kier alpha value is -2.42. The van der Waals surface area contributed by atoms with Gasteiger partial charge in [0.1, 0.15) is 11.3 Å². The van der Waals surface area contributed by atoms with Gasteiger partial charge in [-0.05, 0) is 42.5 Å². The predicted molar refractivity (Wildman–Crippen MR) is 66.6 cm³/mol. The van der Waals surface area contributed by atoms with Crippen molar-refractivity contribution in [3.63, 3.8) is 0 Å². The van der Waals surface area contributed by atoms with Crippen LogP contribution in [0.2, 0.25) is 0 Å². The monoisotopic (exact) mass is 237 g/mol. The lowest BCUT2D eigenvalue weighted by atomic mass is 10.1. The van der Waals surface area contributed by atoms with Crippen LogP contribution in [0.15, 0.2) is 46.9 Å². The van der Waals surface area contributed by atoms with Gasteiger partial charge in [0.2, 0.25) is 6.79 Å². The van der Waals surface area contributed by atoms with E-state index in [0.717, 1.165) is 33.8 Å². The van der Waals surface area contributed by atoms with Crippen LogP contribution in [-0.2, 0) is 0 Å². The number of hydrogen-bond donors (Lipinski definition) is 0. The van der Waals surface area contributed by atoms with E-state index in [9.17, 15) is 0 Å². The van der Waals surface area contributed by atoms with Gasteiger partial charge in [-0.3, -0.25) is 0 Å². The molecule has 2 heterocycles. The Balaban J connectivity index is 1.86. The Morgan fingerprint density at radius 1 is 1.00 bits per heavy atom. The van der Waals surface area contributed by atoms with Crippen molar-refractivity contribution in [3.8, 4) is 22.8 Å². The lowest BCUT2D eigenvalue weighted by molar-refractivity contribution is 0.174. The van der Waals surface area contributed by atoms with Gasteiger partial charge in [-0.2, -0.15) is 0 Å². The summed E-state index contributed by atoms with van der Waals surface area (Å²) < 4.78 is 16.5. The van der Waals surface area contributed by atoms with Crippen LogP contribution in [0.1, 0.15) is 0 Å². The first-order chi connectivity index (χ1) is 8.90. The first kappa shape index (κ1) is 9.59. The lowest BCUT2D eigenvalue weighted by Crippen LogP contribution is -1.92. The smallest absolute Gasteiger partial charge is 0.231 e. The Labute approximate surface area is 104 Å². The highest BCUT2D eigenvalue weighted by molar-refractivity contribution is 5.83. The fraction of sp³-hybridized carbons (Fsp3) is 0.0667. The molecule has 87 valence electrons. The molecule has 4 rings (SSSR count). The van der Waals surface area contributed by atoms with Gasteiger partial charge in [0.25, 0.3) is 0 Å². The summed E-state index contributed by atoms with van der Waals surface area (Å²) in [6.07, 6.45) is 0. The van der Waals surface area contributed by atoms with Crippen LogP contribution in [0.5, 0.6) is 11.5 Å². The van der Waals surface area contributed by atoms with Gasteiger partial charge in [0.05, 0.1) is 0 Å². The van der Waals surface area contributed by atoms with Crippen LogP contribution in [0.3, 0.4) is 0 Å². The molecule has 1 radical (unpaired) electrons. The van der Waals surface area contributed by atoms with Crippen LogP contribution < -0.4 is 9.47 Å². The number of fused-ring (bicyclic) bond motifs is 2. The van der Waals surface area contributed by atoms with Crippen molar-refractivity contribution in [2.24, 2.45) is 0 Å². The summed E-state index contributed by atoms with van der Waals surface area (Å²) in [6.45, 7) is 0.286. The molecule has 0 bridgehead atoms. The Kier molecular flexibility index (Phi) is 1.88. The molecule has 0 spiro atoms. The molecule has 1 aliphatic rings. The molecule has 3 heteroatoms. The van der Waals surface area contributed by atoms with Gasteiger partial charge in [-0.25, -0.2) is 0 Å². The Morgan fingerprint density at radius 2 is 1.94 bits per heavy atom. The topological polar surface area (TPSA) is 31.6 Å². The fourth-order valence-corrected chi connectivity index (χ4v) is 2.12. The van der Waals surface area contributed by atoms with E-state index in [2.05, 4.69) is 6.07 Å². The maximum atomic E-state index is 5.80. The van der Waals surface area contributed by atoms with E-state index in [0.29, 0.717) is 0 Å². The SMILES string of the molecule is [c]1ccc2oc(-c3ccc4c(c3)OCO4)cc2c1. The Morgan fingerprint density at radius 3 is 2.89 bits per heavy atom. The van der Waals surface area contributed by atoms with Crippen molar-refractivity contribution in [1.29, 1.82) is 0 Å². The molecule has 0 amide bonds. The van der Waals surface area contributed by atoms with Crippen LogP contribution in [-0.4, -0.2) is 6.79 Å². The van der Waals surface area contributed by atoms with Crippen molar-refractivity contribution in [2.75, 3.05) is 6.79 Å². The van der Waals surface area contributed by atoms with Gasteiger partial charge < -0.3 is 13.9 Å². The minimum absolute atomic E-state index is 0.286. The van der Waals surface area contributed by atoms with Crippen molar-refractivity contribution < 1.29 is 13.9 Å². The van der Waals surface area contributed by atoms with E-state index in [4.69, 9.17) is 13.9 Å². The van der Waals surface area contributed by atoms with Gasteiger partial charge >= 0.3 is 0 Å². The first-order valence-corrected chi connectivity index (χ1v) is 5.70. The largest absolute Gasteiger partial charge is 0.456 e. The zero-order valence-electron chi connectivity index (χ0n) is 9.47. The quantitative estimate of drug-likeness (QED) is 0.647. The number of hydrogen-bond acceptors (Lipinski definition) is 3. The normalized spacial score (nSPS) is 13.1. The first-order valence-electron chi connectivity index (χ1n) is 5.70. The number of rotatable bonds is 1. The van der Waals surface area contributed by atoms with E-state index in [1.54, 1.807) is 0 Å². The third-order valence-electron chi connectivity index (χ3n) is 3.02. The summed E-state index contributed by atoms with van der Waals surface area (Å²) in [5, 5.41) is 1.05. The van der Waals surface area contributed by atoms with Crippen molar-refractivity contribution >= 4 is 11.0 Å². The molecular formula is C15H9O3. The van der Waals surface area contributed by atoms with Crippen molar-refractivity contribution in [2.45, 2.75) is 0 Å². The standard InChI is InChI=1S/C15H9O3/c1-2-4-12-10(3-1)7-14(18-12)11-5-6-13-15(8-11)17-9-16-13/h2-8H,9H2. The molecule has 0 unspecified atom stereocenters. The van der Waals surface area contributed by atoms with E-state index in [1.807, 2.05) is 42.5 Å². The molecule has 0 N–H and O–H groups in total. The average molecular weight is 237 g/mol. The van der Waals surface area contributed by atoms with E-state index in [1.165, 1.54) is 0 Å². The molecule has 0 saturated heterocycles. The fourth-order valence-electron chi connectivity index (χ4n) is 2.12. The predicted octanol–water partition coefficient (Wildman–Crippen LogP) is 3.63. The molecule has 0 aliphatic carbocycles. The van der Waals surface area contributed by atoms with E-state index >= 15 is 0 Å². The molecule has 0 saturated carbocycles. The van der Waals surface area contributed by atoms with E-state index < -0.39 is 0 Å². The average Bonchev–Trinajstić information content (AvgIpc) is 3.04. The highest BCUT2D eigenvalue weighted by atomic mass is 16.7. The minimum Gasteiger partial charge on any atom is -0.456 e. The third-order valence-corrected chi connectivity index (χ3v) is 3.02. The molecule has 1 aliphatic heterocycles. The highest BCUT2D eigenvalue weighted by Crippen LogP contribution is 2.37. The number of benzene rings is 2. The van der Waals surface area contributed by atoms with E-state index in [-0.39, 0.29) is 6.79 Å². The second-order valence-electron chi connectivity index (χ2n) is 4.14. The van der Waals surface area contributed by atoms with Gasteiger partial charge in [-0.15, -0.1) is 0 Å². The van der Waals surface area contributed by atoms with Crippen LogP contribution in [0.4, 0.5) is 0 Å². The maximum Gasteiger partial charge on any atom is 0.231 e. The lowest BCUT2D eigenvalue weighted by Gasteiger charge is -1.99. The molecule has 0 atom stereocenters. The van der Waals surface area contributed by atoms with Gasteiger partial charge in [0, 0.05) is 10.9 Å². The number of furan rings is 1. The summed E-state index contributed by atoms with van der Waals surface area (Å²) in [4.78, 5) is 0. The summed E-state index contributed by atoms with van der Waals surface area (Å²) in [6, 6.07) is 16.5. The zero-order valence-corrected chi connectivity index (χ0v) is 9.47. The summed E-state index contributed by atoms with van der Waals surface area (Å²) in [5.41, 5.74) is 1.84. The zero-order chi connectivity index (χ0) is 11.9. The second kappa shape index (κ2) is 3.53.